The molecule has 1 amide bonds. The molecule has 2 aromatic heterocycles. The van der Waals surface area contributed by atoms with E-state index in [1.54, 1.807) is 17.7 Å². The number of likely N-dealkylation sites (tertiary alicyclic amines) is 1. The van der Waals surface area contributed by atoms with Gasteiger partial charge in [0.25, 0.3) is 0 Å². The average molecular weight is 367 g/mol. The first kappa shape index (κ1) is 16.9. The van der Waals surface area contributed by atoms with Crippen LogP contribution in [0.1, 0.15) is 30.3 Å². The quantitative estimate of drug-likeness (QED) is 0.711. The van der Waals surface area contributed by atoms with E-state index >= 15 is 0 Å². The molecule has 26 heavy (non-hydrogen) atoms. The van der Waals surface area contributed by atoms with Crippen molar-refractivity contribution in [2.45, 2.75) is 25.2 Å². The van der Waals surface area contributed by atoms with Gasteiger partial charge in [0.1, 0.15) is 17.2 Å². The van der Waals surface area contributed by atoms with Crippen LogP contribution in [-0.2, 0) is 18.3 Å². The second kappa shape index (κ2) is 7.37. The van der Waals surface area contributed by atoms with Gasteiger partial charge in [-0.3, -0.25) is 4.79 Å². The fourth-order valence-corrected chi connectivity index (χ4v) is 4.27. The lowest BCUT2D eigenvalue weighted by Gasteiger charge is -2.32. The number of thiazole rings is 1. The molecule has 4 rings (SSSR count). The van der Waals surface area contributed by atoms with Crippen molar-refractivity contribution in [2.24, 2.45) is 7.05 Å². The Hall–Kier alpha value is -2.54. The predicted molar refractivity (Wildman–Crippen MR) is 101 cm³/mol. The van der Waals surface area contributed by atoms with Gasteiger partial charge in [-0.25, -0.2) is 4.98 Å². The zero-order chi connectivity index (χ0) is 17.9. The van der Waals surface area contributed by atoms with Crippen LogP contribution in [0.2, 0.25) is 0 Å². The highest BCUT2D eigenvalue weighted by atomic mass is 32.1. The largest absolute Gasteiger partial charge is 0.342 e. The summed E-state index contributed by atoms with van der Waals surface area (Å²) < 4.78 is 1.95. The summed E-state index contributed by atoms with van der Waals surface area (Å²) in [7, 11) is 1.95. The van der Waals surface area contributed by atoms with Gasteiger partial charge in [-0.1, -0.05) is 30.3 Å². The van der Waals surface area contributed by atoms with Gasteiger partial charge < -0.3 is 9.47 Å². The Morgan fingerprint density at radius 1 is 1.31 bits per heavy atom. The number of carbonyl (C=O) groups excluding carboxylic acids is 1. The van der Waals surface area contributed by atoms with Crippen molar-refractivity contribution in [2.75, 3.05) is 13.1 Å². The van der Waals surface area contributed by atoms with Crippen LogP contribution in [0.25, 0.3) is 10.6 Å². The number of aromatic nitrogens is 4. The van der Waals surface area contributed by atoms with E-state index in [2.05, 4.69) is 15.2 Å². The molecule has 3 heterocycles. The monoisotopic (exact) mass is 367 g/mol. The summed E-state index contributed by atoms with van der Waals surface area (Å²) in [5.74, 6) is 1.36. The van der Waals surface area contributed by atoms with Crippen molar-refractivity contribution in [3.8, 4) is 10.6 Å². The van der Waals surface area contributed by atoms with E-state index in [0.717, 1.165) is 41.5 Å². The molecule has 1 aliphatic rings. The van der Waals surface area contributed by atoms with Crippen molar-refractivity contribution in [3.05, 3.63) is 53.6 Å². The third-order valence-electron chi connectivity index (χ3n) is 4.79. The lowest BCUT2D eigenvalue weighted by molar-refractivity contribution is -0.131. The molecule has 0 aliphatic carbocycles. The molecular formula is C19H21N5OS. The summed E-state index contributed by atoms with van der Waals surface area (Å²) in [6, 6.07) is 10.1. The number of benzene rings is 1. The molecule has 1 aromatic carbocycles. The second-order valence-electron chi connectivity index (χ2n) is 6.67. The molecule has 0 bridgehead atoms. The summed E-state index contributed by atoms with van der Waals surface area (Å²) in [5.41, 5.74) is 1.94. The number of nitrogens with zero attached hydrogens (tertiary/aromatic N) is 5. The lowest BCUT2D eigenvalue weighted by Crippen LogP contribution is -2.40. The molecule has 1 fully saturated rings. The minimum atomic E-state index is 0.141. The number of hydrogen-bond donors (Lipinski definition) is 0. The number of amides is 1. The number of carbonyl (C=O) groups is 1. The van der Waals surface area contributed by atoms with E-state index in [4.69, 9.17) is 0 Å². The first-order valence-corrected chi connectivity index (χ1v) is 9.70. The highest BCUT2D eigenvalue weighted by Gasteiger charge is 2.27. The van der Waals surface area contributed by atoms with Crippen LogP contribution < -0.4 is 0 Å². The van der Waals surface area contributed by atoms with E-state index < -0.39 is 0 Å². The standard InChI is InChI=1S/C19H21N5OS/c1-23-13-20-22-18(23)15-8-5-9-24(11-15)17(25)10-16-12-26-19(21-16)14-6-3-2-4-7-14/h2-4,6-7,12-13,15H,5,8-11H2,1H3/t15-/m0/s1. The maximum atomic E-state index is 12.8. The molecule has 3 aromatic rings. The van der Waals surface area contributed by atoms with E-state index in [1.165, 1.54) is 0 Å². The molecule has 0 unspecified atom stereocenters. The summed E-state index contributed by atoms with van der Waals surface area (Å²) >= 11 is 1.59. The average Bonchev–Trinajstić information content (AvgIpc) is 3.31. The molecule has 0 radical (unpaired) electrons. The molecular weight excluding hydrogens is 346 g/mol. The van der Waals surface area contributed by atoms with E-state index in [1.807, 2.05) is 52.2 Å². The first-order valence-electron chi connectivity index (χ1n) is 8.82. The highest BCUT2D eigenvalue weighted by molar-refractivity contribution is 7.13. The van der Waals surface area contributed by atoms with Gasteiger partial charge in [0.2, 0.25) is 5.91 Å². The van der Waals surface area contributed by atoms with Gasteiger partial charge in [-0.15, -0.1) is 21.5 Å². The normalized spacial score (nSPS) is 17.4. The van der Waals surface area contributed by atoms with Gasteiger partial charge >= 0.3 is 0 Å². The van der Waals surface area contributed by atoms with Crippen LogP contribution in [-0.4, -0.2) is 43.6 Å². The Morgan fingerprint density at radius 3 is 2.92 bits per heavy atom. The van der Waals surface area contributed by atoms with Gasteiger partial charge in [-0.05, 0) is 12.8 Å². The lowest BCUT2D eigenvalue weighted by atomic mass is 9.97. The Bertz CT molecular complexity index is 888. The maximum absolute atomic E-state index is 12.8. The molecule has 1 saturated heterocycles. The second-order valence-corrected chi connectivity index (χ2v) is 7.52. The Kier molecular flexibility index (Phi) is 4.79. The van der Waals surface area contributed by atoms with Crippen molar-refractivity contribution >= 4 is 17.2 Å². The van der Waals surface area contributed by atoms with Gasteiger partial charge in [-0.2, -0.15) is 0 Å². The van der Waals surface area contributed by atoms with Crippen molar-refractivity contribution in [1.29, 1.82) is 0 Å². The first-order chi connectivity index (χ1) is 12.7. The molecule has 0 spiro atoms. The Morgan fingerprint density at radius 2 is 2.15 bits per heavy atom. The summed E-state index contributed by atoms with van der Waals surface area (Å²) in [6.45, 7) is 1.52. The summed E-state index contributed by atoms with van der Waals surface area (Å²) in [4.78, 5) is 19.4. The maximum Gasteiger partial charge on any atom is 0.228 e. The van der Waals surface area contributed by atoms with Crippen molar-refractivity contribution < 1.29 is 4.79 Å². The van der Waals surface area contributed by atoms with E-state index in [9.17, 15) is 4.79 Å². The van der Waals surface area contributed by atoms with E-state index in [-0.39, 0.29) is 11.8 Å². The van der Waals surface area contributed by atoms with Crippen LogP contribution >= 0.6 is 11.3 Å². The third-order valence-corrected chi connectivity index (χ3v) is 5.73. The minimum Gasteiger partial charge on any atom is -0.342 e. The highest BCUT2D eigenvalue weighted by Crippen LogP contribution is 2.27. The molecule has 6 nitrogen and oxygen atoms in total. The zero-order valence-electron chi connectivity index (χ0n) is 14.7. The van der Waals surface area contributed by atoms with Crippen molar-refractivity contribution in [3.63, 3.8) is 0 Å². The van der Waals surface area contributed by atoms with Crippen LogP contribution in [0.15, 0.2) is 42.0 Å². The smallest absolute Gasteiger partial charge is 0.228 e. The fourth-order valence-electron chi connectivity index (χ4n) is 3.44. The van der Waals surface area contributed by atoms with Gasteiger partial charge in [0, 0.05) is 37.0 Å². The van der Waals surface area contributed by atoms with Crippen LogP contribution in [0.3, 0.4) is 0 Å². The molecule has 7 heteroatoms. The van der Waals surface area contributed by atoms with Gasteiger partial charge in [0.05, 0.1) is 12.1 Å². The van der Waals surface area contributed by atoms with E-state index in [0.29, 0.717) is 13.0 Å². The molecule has 1 atom stereocenters. The summed E-state index contributed by atoms with van der Waals surface area (Å²) in [6.07, 6.45) is 4.12. The zero-order valence-corrected chi connectivity index (χ0v) is 15.5. The van der Waals surface area contributed by atoms with Crippen molar-refractivity contribution in [1.82, 2.24) is 24.6 Å². The minimum absolute atomic E-state index is 0.141. The summed E-state index contributed by atoms with van der Waals surface area (Å²) in [5, 5.41) is 11.1. The Labute approximate surface area is 156 Å². The van der Waals surface area contributed by atoms with Crippen LogP contribution in [0.4, 0.5) is 0 Å². The Balaban J connectivity index is 1.42. The molecule has 0 saturated carbocycles. The van der Waals surface area contributed by atoms with Gasteiger partial charge in [0.15, 0.2) is 0 Å². The van der Waals surface area contributed by atoms with Crippen LogP contribution in [0.5, 0.6) is 0 Å². The number of rotatable bonds is 4. The van der Waals surface area contributed by atoms with Crippen LogP contribution in [0, 0.1) is 0 Å². The number of aryl methyl sites for hydroxylation is 1. The predicted octanol–water partition coefficient (Wildman–Crippen LogP) is 2.89. The molecule has 134 valence electrons. The molecule has 1 aliphatic heterocycles. The number of piperidine rings is 1. The third kappa shape index (κ3) is 3.53. The number of hydrogen-bond acceptors (Lipinski definition) is 5. The SMILES string of the molecule is Cn1cnnc1[C@H]1CCCN(C(=O)Cc2csc(-c3ccccc3)n2)C1. The topological polar surface area (TPSA) is 63.9 Å². The molecule has 0 N–H and O–H groups in total. The fraction of sp³-hybridized carbons (Fsp3) is 0.368.